The lowest BCUT2D eigenvalue weighted by Crippen LogP contribution is -2.62. The summed E-state index contributed by atoms with van der Waals surface area (Å²) in [5.74, 6) is -1.22. The van der Waals surface area contributed by atoms with Crippen LogP contribution in [0.2, 0.25) is 0 Å². The normalized spacial score (nSPS) is 17.6. The van der Waals surface area contributed by atoms with Gasteiger partial charge in [0.15, 0.2) is 12.2 Å². The molecule has 1 aliphatic heterocycles. The number of amides is 1. The number of hydrogen-bond acceptors (Lipinski definition) is 8. The molecule has 0 spiro atoms. The summed E-state index contributed by atoms with van der Waals surface area (Å²) < 4.78 is 20.7. The van der Waals surface area contributed by atoms with E-state index in [-0.39, 0.29) is 25.5 Å². The molecule has 0 saturated carbocycles. The monoisotopic (exact) mass is 407 g/mol. The molecule has 1 aromatic rings. The predicted octanol–water partition coefficient (Wildman–Crippen LogP) is 1.22. The summed E-state index contributed by atoms with van der Waals surface area (Å²) in [7, 11) is 1.56. The lowest BCUT2D eigenvalue weighted by Gasteiger charge is -2.45. The molecule has 3 atom stereocenters. The molecule has 1 fully saturated rings. The highest BCUT2D eigenvalue weighted by Crippen LogP contribution is 2.30. The number of benzene rings is 1. The SMILES string of the molecule is COc1ccc(CN2C(=O)C[C@H]2[C@H](OC(C)=O)[C@@H](COC(C)=O)OC(C)=O)cc1. The topological polar surface area (TPSA) is 108 Å². The zero-order valence-electron chi connectivity index (χ0n) is 16.9. The van der Waals surface area contributed by atoms with Gasteiger partial charge in [-0.15, -0.1) is 0 Å². The number of rotatable bonds is 9. The average Bonchev–Trinajstić information content (AvgIpc) is 2.66. The predicted molar refractivity (Wildman–Crippen MR) is 99.7 cm³/mol. The molecule has 158 valence electrons. The van der Waals surface area contributed by atoms with Gasteiger partial charge in [-0.05, 0) is 17.7 Å². The van der Waals surface area contributed by atoms with E-state index in [1.807, 2.05) is 12.1 Å². The van der Waals surface area contributed by atoms with E-state index >= 15 is 0 Å². The Morgan fingerprint density at radius 3 is 2.14 bits per heavy atom. The van der Waals surface area contributed by atoms with Crippen LogP contribution in [0, 0.1) is 0 Å². The standard InChI is InChI=1S/C20H25NO8/c1-12(22)27-11-18(28-13(2)23)20(29-14(3)24)17-9-19(25)21(17)10-15-5-7-16(26-4)8-6-15/h5-8,17-18,20H,9-11H2,1-4H3/t17-,18+,20-/m0/s1. The van der Waals surface area contributed by atoms with E-state index in [0.717, 1.165) is 5.56 Å². The van der Waals surface area contributed by atoms with E-state index in [2.05, 4.69) is 0 Å². The maximum atomic E-state index is 12.2. The van der Waals surface area contributed by atoms with E-state index < -0.39 is 36.2 Å². The van der Waals surface area contributed by atoms with Crippen molar-refractivity contribution in [3.05, 3.63) is 29.8 Å². The van der Waals surface area contributed by atoms with Gasteiger partial charge >= 0.3 is 17.9 Å². The van der Waals surface area contributed by atoms with Crippen LogP contribution in [-0.2, 0) is 39.9 Å². The van der Waals surface area contributed by atoms with E-state index in [9.17, 15) is 19.2 Å². The highest BCUT2D eigenvalue weighted by Gasteiger charge is 2.47. The summed E-state index contributed by atoms with van der Waals surface area (Å²) in [5.41, 5.74) is 0.856. The van der Waals surface area contributed by atoms with E-state index in [1.54, 1.807) is 24.1 Å². The Morgan fingerprint density at radius 2 is 1.66 bits per heavy atom. The second-order valence-corrected chi connectivity index (χ2v) is 6.67. The van der Waals surface area contributed by atoms with Gasteiger partial charge in [0.1, 0.15) is 12.4 Å². The summed E-state index contributed by atoms with van der Waals surface area (Å²) in [5, 5.41) is 0. The molecular formula is C20H25NO8. The minimum absolute atomic E-state index is 0.117. The van der Waals surface area contributed by atoms with Crippen molar-refractivity contribution >= 4 is 23.8 Å². The third-order valence-electron chi connectivity index (χ3n) is 4.43. The first-order valence-corrected chi connectivity index (χ1v) is 9.11. The van der Waals surface area contributed by atoms with Crippen molar-refractivity contribution in [3.63, 3.8) is 0 Å². The van der Waals surface area contributed by atoms with Crippen LogP contribution in [0.25, 0.3) is 0 Å². The molecule has 1 aromatic carbocycles. The Balaban J connectivity index is 2.20. The molecule has 0 aliphatic carbocycles. The Labute approximate surface area is 168 Å². The van der Waals surface area contributed by atoms with Crippen molar-refractivity contribution in [2.24, 2.45) is 0 Å². The first-order chi connectivity index (χ1) is 13.7. The fraction of sp³-hybridized carbons (Fsp3) is 0.500. The number of β-lactam (4-membered cyclic amide) rings is 1. The van der Waals surface area contributed by atoms with Gasteiger partial charge in [-0.3, -0.25) is 19.2 Å². The minimum atomic E-state index is -1.03. The van der Waals surface area contributed by atoms with Crippen LogP contribution in [0.4, 0.5) is 0 Å². The highest BCUT2D eigenvalue weighted by molar-refractivity contribution is 5.83. The van der Waals surface area contributed by atoms with Crippen molar-refractivity contribution < 1.29 is 38.1 Å². The van der Waals surface area contributed by atoms with Crippen LogP contribution in [0.15, 0.2) is 24.3 Å². The maximum Gasteiger partial charge on any atom is 0.303 e. The van der Waals surface area contributed by atoms with Crippen LogP contribution < -0.4 is 4.74 Å². The summed E-state index contributed by atoms with van der Waals surface area (Å²) in [6.07, 6.45) is -1.88. The first kappa shape index (κ1) is 22.2. The number of carbonyl (C=O) groups excluding carboxylic acids is 4. The molecule has 0 bridgehead atoms. The van der Waals surface area contributed by atoms with Gasteiger partial charge in [-0.1, -0.05) is 12.1 Å². The third kappa shape index (κ3) is 6.20. The zero-order valence-corrected chi connectivity index (χ0v) is 16.9. The van der Waals surface area contributed by atoms with Gasteiger partial charge in [0.05, 0.1) is 19.6 Å². The largest absolute Gasteiger partial charge is 0.497 e. The smallest absolute Gasteiger partial charge is 0.303 e. The van der Waals surface area contributed by atoms with Crippen molar-refractivity contribution in [1.29, 1.82) is 0 Å². The zero-order chi connectivity index (χ0) is 21.6. The second kappa shape index (κ2) is 9.90. The van der Waals surface area contributed by atoms with Gasteiger partial charge in [0, 0.05) is 27.3 Å². The number of ether oxygens (including phenoxy) is 4. The number of methoxy groups -OCH3 is 1. The number of hydrogen-bond donors (Lipinski definition) is 0. The Hall–Kier alpha value is -3.10. The highest BCUT2D eigenvalue weighted by atomic mass is 16.6. The molecule has 1 amide bonds. The van der Waals surface area contributed by atoms with Crippen LogP contribution in [0.3, 0.4) is 0 Å². The second-order valence-electron chi connectivity index (χ2n) is 6.67. The minimum Gasteiger partial charge on any atom is -0.497 e. The third-order valence-corrected chi connectivity index (χ3v) is 4.43. The van der Waals surface area contributed by atoms with Crippen molar-refractivity contribution in [2.45, 2.75) is 52.0 Å². The van der Waals surface area contributed by atoms with Gasteiger partial charge in [0.2, 0.25) is 5.91 Å². The Bertz CT molecular complexity index is 760. The fourth-order valence-electron chi connectivity index (χ4n) is 3.11. The molecule has 29 heavy (non-hydrogen) atoms. The fourth-order valence-corrected chi connectivity index (χ4v) is 3.11. The quantitative estimate of drug-likeness (QED) is 0.342. The lowest BCUT2D eigenvalue weighted by atomic mass is 9.91. The van der Waals surface area contributed by atoms with Crippen molar-refractivity contribution in [1.82, 2.24) is 4.90 Å². The molecule has 0 aromatic heterocycles. The molecule has 0 N–H and O–H groups in total. The number of esters is 3. The molecule has 1 heterocycles. The lowest BCUT2D eigenvalue weighted by molar-refractivity contribution is -0.188. The van der Waals surface area contributed by atoms with Gasteiger partial charge in [-0.2, -0.15) is 0 Å². The van der Waals surface area contributed by atoms with E-state index in [1.165, 1.54) is 20.8 Å². The van der Waals surface area contributed by atoms with Crippen molar-refractivity contribution in [3.8, 4) is 5.75 Å². The summed E-state index contributed by atoms with van der Waals surface area (Å²) >= 11 is 0. The van der Waals surface area contributed by atoms with E-state index in [4.69, 9.17) is 18.9 Å². The molecule has 1 saturated heterocycles. The summed E-state index contributed by atoms with van der Waals surface area (Å²) in [6.45, 7) is 3.64. The van der Waals surface area contributed by atoms with Gasteiger partial charge < -0.3 is 23.8 Å². The van der Waals surface area contributed by atoms with Crippen LogP contribution >= 0.6 is 0 Å². The molecule has 0 unspecified atom stereocenters. The number of carbonyl (C=O) groups is 4. The molecule has 1 aliphatic rings. The first-order valence-electron chi connectivity index (χ1n) is 9.11. The van der Waals surface area contributed by atoms with Crippen LogP contribution in [0.1, 0.15) is 32.8 Å². The summed E-state index contributed by atoms with van der Waals surface area (Å²) in [4.78, 5) is 48.2. The average molecular weight is 407 g/mol. The molecular weight excluding hydrogens is 382 g/mol. The van der Waals surface area contributed by atoms with Crippen molar-refractivity contribution in [2.75, 3.05) is 13.7 Å². The Morgan fingerprint density at radius 1 is 1.03 bits per heavy atom. The maximum absolute atomic E-state index is 12.2. The van der Waals surface area contributed by atoms with Crippen LogP contribution in [0.5, 0.6) is 5.75 Å². The molecule has 0 radical (unpaired) electrons. The Kier molecular flexibility index (Phi) is 7.58. The summed E-state index contributed by atoms with van der Waals surface area (Å²) in [6, 6.07) is 6.68. The molecule has 9 nitrogen and oxygen atoms in total. The van der Waals surface area contributed by atoms with Gasteiger partial charge in [0.25, 0.3) is 0 Å². The van der Waals surface area contributed by atoms with E-state index in [0.29, 0.717) is 5.75 Å². The number of nitrogens with zero attached hydrogens (tertiary/aromatic N) is 1. The van der Waals surface area contributed by atoms with Gasteiger partial charge in [-0.25, -0.2) is 0 Å². The molecule has 9 heteroatoms. The van der Waals surface area contributed by atoms with Crippen LogP contribution in [-0.4, -0.2) is 60.7 Å². The molecule has 2 rings (SSSR count). The number of likely N-dealkylation sites (tertiary alicyclic amines) is 1.